The van der Waals surface area contributed by atoms with Gasteiger partial charge in [-0.3, -0.25) is 0 Å². The van der Waals surface area contributed by atoms with Crippen molar-refractivity contribution in [1.82, 2.24) is 0 Å². The molecule has 0 saturated carbocycles. The molecular weight excluding hydrogens is 386 g/mol. The van der Waals surface area contributed by atoms with Crippen molar-refractivity contribution in [2.45, 2.75) is 49.8 Å². The molecule has 0 aliphatic carbocycles. The quantitative estimate of drug-likeness (QED) is 0.448. The van der Waals surface area contributed by atoms with Crippen molar-refractivity contribution in [3.05, 3.63) is 70.3 Å². The highest BCUT2D eigenvalue weighted by Gasteiger charge is 2.44. The van der Waals surface area contributed by atoms with E-state index in [1.807, 2.05) is 24.3 Å². The Morgan fingerprint density at radius 2 is 1.60 bits per heavy atom. The Morgan fingerprint density at radius 1 is 0.900 bits per heavy atom. The molecule has 7 heteroatoms. The summed E-state index contributed by atoms with van der Waals surface area (Å²) in [5.41, 5.74) is 3.93. The first-order valence-corrected chi connectivity index (χ1v) is 10.0. The number of aliphatic hydroxyl groups excluding tert-OH is 5. The van der Waals surface area contributed by atoms with Gasteiger partial charge in [0.05, 0.1) is 18.2 Å². The second-order valence-electron chi connectivity index (χ2n) is 7.60. The Balaban J connectivity index is 1.84. The van der Waals surface area contributed by atoms with E-state index in [-0.39, 0.29) is 6.61 Å². The highest BCUT2D eigenvalue weighted by atomic mass is 16.5. The third kappa shape index (κ3) is 4.87. The van der Waals surface area contributed by atoms with Crippen LogP contribution < -0.4 is 0 Å². The summed E-state index contributed by atoms with van der Waals surface area (Å²) in [7, 11) is 0. The van der Waals surface area contributed by atoms with Gasteiger partial charge in [-0.15, -0.1) is 0 Å². The van der Waals surface area contributed by atoms with Crippen LogP contribution >= 0.6 is 0 Å². The number of nitriles is 1. The molecule has 5 atom stereocenters. The van der Waals surface area contributed by atoms with Crippen LogP contribution in [0.4, 0.5) is 0 Å². The first kappa shape index (κ1) is 22.4. The summed E-state index contributed by atoms with van der Waals surface area (Å²) in [4.78, 5) is 0. The van der Waals surface area contributed by atoms with Crippen molar-refractivity contribution in [3.8, 4) is 6.07 Å². The van der Waals surface area contributed by atoms with Crippen molar-refractivity contribution in [3.63, 3.8) is 0 Å². The van der Waals surface area contributed by atoms with Crippen LogP contribution in [0, 0.1) is 11.3 Å². The van der Waals surface area contributed by atoms with Crippen molar-refractivity contribution in [2.75, 3.05) is 13.2 Å². The summed E-state index contributed by atoms with van der Waals surface area (Å²) in [5.74, 6) is 0. The van der Waals surface area contributed by atoms with Crippen molar-refractivity contribution >= 4 is 0 Å². The molecule has 1 saturated heterocycles. The van der Waals surface area contributed by atoms with Gasteiger partial charge < -0.3 is 30.3 Å². The van der Waals surface area contributed by atoms with Crippen molar-refractivity contribution in [1.29, 1.82) is 5.26 Å². The molecule has 160 valence electrons. The predicted octanol–water partition coefficient (Wildman–Crippen LogP) is 0.589. The number of aliphatic hydroxyl groups is 5. The summed E-state index contributed by atoms with van der Waals surface area (Å²) in [6.07, 6.45) is -4.16. The van der Waals surface area contributed by atoms with Crippen LogP contribution in [0.25, 0.3) is 0 Å². The van der Waals surface area contributed by atoms with E-state index < -0.39 is 37.1 Å². The van der Waals surface area contributed by atoms with Crippen LogP contribution in [0.5, 0.6) is 0 Å². The van der Waals surface area contributed by atoms with Crippen LogP contribution in [0.15, 0.2) is 42.5 Å². The maximum Gasteiger partial charge on any atom is 0.113 e. The Morgan fingerprint density at radius 3 is 2.23 bits per heavy atom. The van der Waals surface area contributed by atoms with Gasteiger partial charge in [0.1, 0.15) is 30.5 Å². The number of hydrogen-bond donors (Lipinski definition) is 5. The molecule has 1 heterocycles. The van der Waals surface area contributed by atoms with Gasteiger partial charge in [-0.25, -0.2) is 0 Å². The van der Waals surface area contributed by atoms with Gasteiger partial charge >= 0.3 is 0 Å². The summed E-state index contributed by atoms with van der Waals surface area (Å²) in [5, 5.41) is 58.3. The average molecular weight is 413 g/mol. The monoisotopic (exact) mass is 413 g/mol. The van der Waals surface area contributed by atoms with Gasteiger partial charge in [0.15, 0.2) is 0 Å². The number of rotatable bonds is 7. The van der Waals surface area contributed by atoms with E-state index in [0.29, 0.717) is 24.0 Å². The van der Waals surface area contributed by atoms with Crippen molar-refractivity contribution < 1.29 is 30.3 Å². The lowest BCUT2D eigenvalue weighted by Crippen LogP contribution is -2.55. The van der Waals surface area contributed by atoms with E-state index >= 15 is 0 Å². The lowest BCUT2D eigenvalue weighted by molar-refractivity contribution is -0.231. The van der Waals surface area contributed by atoms with Crippen LogP contribution in [-0.4, -0.2) is 63.2 Å². The first-order valence-electron chi connectivity index (χ1n) is 10.0. The molecule has 7 nitrogen and oxygen atoms in total. The standard InChI is InChI=1S/C23H27NO6/c24-12-17-8-7-16(23-22(29)21(28)20(27)19(13-26)30-23)11-18(17)10-15-5-3-14(4-6-15)2-1-9-25/h3-8,11,19-23,25-29H,1-2,9-10,13H2/t19-,20-,21?,22-,23+/m1/s1. The zero-order valence-electron chi connectivity index (χ0n) is 16.6. The molecule has 30 heavy (non-hydrogen) atoms. The van der Waals surface area contributed by atoms with E-state index in [1.54, 1.807) is 18.2 Å². The van der Waals surface area contributed by atoms with Gasteiger partial charge in [0.25, 0.3) is 0 Å². The molecule has 3 rings (SSSR count). The Labute approximate surface area is 175 Å². The Bertz CT molecular complexity index is 876. The molecule has 0 amide bonds. The average Bonchev–Trinajstić information content (AvgIpc) is 2.77. The number of hydrogen-bond acceptors (Lipinski definition) is 7. The van der Waals surface area contributed by atoms with Crippen molar-refractivity contribution in [2.24, 2.45) is 0 Å². The molecule has 0 bridgehead atoms. The summed E-state index contributed by atoms with van der Waals surface area (Å²) < 4.78 is 5.64. The molecule has 1 aliphatic rings. The summed E-state index contributed by atoms with van der Waals surface area (Å²) in [6, 6.07) is 15.2. The van der Waals surface area contributed by atoms with E-state index in [9.17, 15) is 25.7 Å². The maximum atomic E-state index is 10.4. The lowest BCUT2D eigenvalue weighted by Gasteiger charge is -2.40. The number of benzene rings is 2. The fraction of sp³-hybridized carbons (Fsp3) is 0.435. The lowest BCUT2D eigenvalue weighted by atomic mass is 9.89. The van der Waals surface area contributed by atoms with Gasteiger partial charge in [-0.1, -0.05) is 36.4 Å². The number of nitrogens with zero attached hydrogens (tertiary/aromatic N) is 1. The van der Waals surface area contributed by atoms with Gasteiger partial charge in [0, 0.05) is 6.61 Å². The highest BCUT2D eigenvalue weighted by Crippen LogP contribution is 2.33. The predicted molar refractivity (Wildman–Crippen MR) is 109 cm³/mol. The van der Waals surface area contributed by atoms with Crippen LogP contribution in [-0.2, 0) is 17.6 Å². The summed E-state index contributed by atoms with van der Waals surface area (Å²) in [6.45, 7) is -0.342. The smallest absolute Gasteiger partial charge is 0.113 e. The largest absolute Gasteiger partial charge is 0.396 e. The third-order valence-corrected chi connectivity index (χ3v) is 5.51. The van der Waals surface area contributed by atoms with Gasteiger partial charge in [-0.2, -0.15) is 5.26 Å². The fourth-order valence-corrected chi connectivity index (χ4v) is 3.75. The molecule has 5 N–H and O–H groups in total. The zero-order valence-corrected chi connectivity index (χ0v) is 16.6. The molecule has 1 fully saturated rings. The highest BCUT2D eigenvalue weighted by molar-refractivity contribution is 5.44. The van der Waals surface area contributed by atoms with E-state index in [0.717, 1.165) is 23.1 Å². The van der Waals surface area contributed by atoms with Gasteiger partial charge in [-0.05, 0) is 47.6 Å². The topological polar surface area (TPSA) is 134 Å². The van der Waals surface area contributed by atoms with Crippen LogP contribution in [0.3, 0.4) is 0 Å². The minimum atomic E-state index is -1.45. The minimum absolute atomic E-state index is 0.151. The molecule has 2 aromatic carbocycles. The molecule has 0 radical (unpaired) electrons. The molecule has 0 aromatic heterocycles. The van der Waals surface area contributed by atoms with E-state index in [1.165, 1.54) is 0 Å². The normalized spacial score (nSPS) is 26.3. The van der Waals surface area contributed by atoms with Crippen LogP contribution in [0.2, 0.25) is 0 Å². The van der Waals surface area contributed by atoms with E-state index in [4.69, 9.17) is 9.84 Å². The molecule has 2 aromatic rings. The first-order chi connectivity index (χ1) is 14.5. The van der Waals surface area contributed by atoms with E-state index in [2.05, 4.69) is 6.07 Å². The third-order valence-electron chi connectivity index (χ3n) is 5.51. The van der Waals surface area contributed by atoms with Crippen LogP contribution in [0.1, 0.15) is 40.3 Å². The van der Waals surface area contributed by atoms with Gasteiger partial charge in [0.2, 0.25) is 0 Å². The molecule has 1 aliphatic heterocycles. The SMILES string of the molecule is N#Cc1ccc([C@@H]2O[C@H](CO)[C@@H](O)C(O)[C@H]2O)cc1Cc1ccc(CCCO)cc1. The number of aryl methyl sites for hydroxylation is 1. The maximum absolute atomic E-state index is 10.4. The minimum Gasteiger partial charge on any atom is -0.396 e. The molecular formula is C23H27NO6. The number of ether oxygens (including phenoxy) is 1. The summed E-state index contributed by atoms with van der Waals surface area (Å²) >= 11 is 0. The molecule has 1 unspecified atom stereocenters. The Kier molecular flexibility index (Phi) is 7.56. The second-order valence-corrected chi connectivity index (χ2v) is 7.60. The molecule has 0 spiro atoms. The fourth-order valence-electron chi connectivity index (χ4n) is 3.75. The second kappa shape index (κ2) is 10.1. The zero-order chi connectivity index (χ0) is 21.7. The Hall–Kier alpha value is -2.31.